The van der Waals surface area contributed by atoms with Gasteiger partial charge in [0.2, 0.25) is 0 Å². The van der Waals surface area contributed by atoms with E-state index in [1.807, 2.05) is 0 Å². The lowest BCUT2D eigenvalue weighted by Gasteiger charge is -2.23. The molecule has 1 aliphatic heterocycles. The predicted molar refractivity (Wildman–Crippen MR) is 62.4 cm³/mol. The molecule has 2 rings (SSSR count). The van der Waals surface area contributed by atoms with Crippen molar-refractivity contribution >= 4 is 11.8 Å². The second-order valence-electron chi connectivity index (χ2n) is 3.73. The molecular weight excluding hydrogens is 238 g/mol. The Morgan fingerprint density at radius 3 is 3.17 bits per heavy atom. The third kappa shape index (κ3) is 3.38. The molecule has 18 heavy (non-hydrogen) atoms. The number of carbonyl (C=O) groups excluding carboxylic acids is 1. The van der Waals surface area contributed by atoms with Crippen molar-refractivity contribution in [1.82, 2.24) is 9.97 Å². The van der Waals surface area contributed by atoms with Crippen LogP contribution in [0.3, 0.4) is 0 Å². The first kappa shape index (κ1) is 12.7. The van der Waals surface area contributed by atoms with Gasteiger partial charge in [0.1, 0.15) is 5.82 Å². The van der Waals surface area contributed by atoms with Gasteiger partial charge in [-0.05, 0) is 0 Å². The highest BCUT2D eigenvalue weighted by Gasteiger charge is 2.14. The van der Waals surface area contributed by atoms with E-state index in [1.54, 1.807) is 0 Å². The highest BCUT2D eigenvalue weighted by Crippen LogP contribution is 2.06. The zero-order valence-corrected chi connectivity index (χ0v) is 10.1. The number of carbonyl (C=O) groups is 1. The predicted octanol–water partition coefficient (Wildman–Crippen LogP) is 0.0905. The Balaban J connectivity index is 1.90. The van der Waals surface area contributed by atoms with E-state index in [-0.39, 0.29) is 11.8 Å². The summed E-state index contributed by atoms with van der Waals surface area (Å²) >= 11 is 0. The summed E-state index contributed by atoms with van der Waals surface area (Å²) in [7, 11) is 1.30. The van der Waals surface area contributed by atoms with E-state index < -0.39 is 5.97 Å². The standard InChI is InChI=1S/C11H15N3O4/c1-16-11(15)9-5-12-6-10(14-9)13-4-8-7-17-2-3-18-8/h5-6,8H,2-4,7H2,1H3,(H,13,14). The van der Waals surface area contributed by atoms with E-state index in [4.69, 9.17) is 9.47 Å². The number of hydrogen-bond donors (Lipinski definition) is 1. The van der Waals surface area contributed by atoms with Crippen LogP contribution in [0, 0.1) is 0 Å². The summed E-state index contributed by atoms with van der Waals surface area (Å²) in [5.74, 6) is -0.00419. The van der Waals surface area contributed by atoms with Crippen LogP contribution in [0.15, 0.2) is 12.4 Å². The van der Waals surface area contributed by atoms with Crippen LogP contribution in [-0.2, 0) is 14.2 Å². The second-order valence-corrected chi connectivity index (χ2v) is 3.73. The molecule has 0 radical (unpaired) electrons. The molecule has 1 fully saturated rings. The number of ether oxygens (including phenoxy) is 3. The molecule has 1 atom stereocenters. The van der Waals surface area contributed by atoms with Crippen molar-refractivity contribution in [3.8, 4) is 0 Å². The van der Waals surface area contributed by atoms with Gasteiger partial charge >= 0.3 is 5.97 Å². The van der Waals surface area contributed by atoms with E-state index in [9.17, 15) is 4.79 Å². The van der Waals surface area contributed by atoms with Gasteiger partial charge in [0.05, 0.1) is 45.4 Å². The van der Waals surface area contributed by atoms with Gasteiger partial charge in [-0.2, -0.15) is 0 Å². The molecule has 1 unspecified atom stereocenters. The van der Waals surface area contributed by atoms with Crippen molar-refractivity contribution in [2.24, 2.45) is 0 Å². The first-order valence-corrected chi connectivity index (χ1v) is 5.63. The summed E-state index contributed by atoms with van der Waals surface area (Å²) in [5, 5.41) is 3.05. The highest BCUT2D eigenvalue weighted by atomic mass is 16.6. The average molecular weight is 253 g/mol. The Hall–Kier alpha value is -1.73. The molecule has 1 aromatic heterocycles. The molecule has 98 valence electrons. The van der Waals surface area contributed by atoms with Crippen LogP contribution < -0.4 is 5.32 Å². The average Bonchev–Trinajstić information content (AvgIpc) is 2.45. The van der Waals surface area contributed by atoms with Gasteiger partial charge in [0.25, 0.3) is 0 Å². The van der Waals surface area contributed by atoms with Gasteiger partial charge < -0.3 is 19.5 Å². The van der Waals surface area contributed by atoms with Gasteiger partial charge in [0.15, 0.2) is 5.69 Å². The van der Waals surface area contributed by atoms with E-state index in [0.29, 0.717) is 32.2 Å². The minimum Gasteiger partial charge on any atom is -0.464 e. The molecule has 1 aliphatic rings. The molecule has 0 aliphatic carbocycles. The molecule has 1 aromatic rings. The third-order valence-corrected chi connectivity index (χ3v) is 2.42. The number of aromatic nitrogens is 2. The van der Waals surface area contributed by atoms with E-state index >= 15 is 0 Å². The number of methoxy groups -OCH3 is 1. The van der Waals surface area contributed by atoms with Crippen LogP contribution in [-0.4, -0.2) is 55.5 Å². The van der Waals surface area contributed by atoms with E-state index in [1.165, 1.54) is 19.5 Å². The molecule has 0 spiro atoms. The van der Waals surface area contributed by atoms with Crippen LogP contribution >= 0.6 is 0 Å². The van der Waals surface area contributed by atoms with Gasteiger partial charge in [-0.3, -0.25) is 4.98 Å². The first-order valence-electron chi connectivity index (χ1n) is 5.63. The monoisotopic (exact) mass is 253 g/mol. The lowest BCUT2D eigenvalue weighted by atomic mass is 10.3. The number of esters is 1. The van der Waals surface area contributed by atoms with Gasteiger partial charge in [-0.15, -0.1) is 0 Å². The number of rotatable bonds is 4. The highest BCUT2D eigenvalue weighted by molar-refractivity contribution is 5.87. The van der Waals surface area contributed by atoms with Crippen molar-refractivity contribution in [2.75, 3.05) is 38.8 Å². The summed E-state index contributed by atoms with van der Waals surface area (Å²) in [6.45, 7) is 2.34. The quantitative estimate of drug-likeness (QED) is 0.761. The van der Waals surface area contributed by atoms with Crippen LogP contribution in [0.5, 0.6) is 0 Å². The first-order chi connectivity index (χ1) is 8.79. The van der Waals surface area contributed by atoms with Crippen molar-refractivity contribution < 1.29 is 19.0 Å². The van der Waals surface area contributed by atoms with Crippen LogP contribution in [0.2, 0.25) is 0 Å². The summed E-state index contributed by atoms with van der Waals surface area (Å²) < 4.78 is 15.3. The Kier molecular flexibility index (Phi) is 4.43. The summed E-state index contributed by atoms with van der Waals surface area (Å²) in [5.41, 5.74) is 0.170. The third-order valence-electron chi connectivity index (χ3n) is 2.42. The van der Waals surface area contributed by atoms with Crippen LogP contribution in [0.25, 0.3) is 0 Å². The maximum atomic E-state index is 11.3. The molecule has 0 saturated carbocycles. The number of nitrogens with one attached hydrogen (secondary N) is 1. The maximum Gasteiger partial charge on any atom is 0.358 e. The van der Waals surface area contributed by atoms with Gasteiger partial charge in [0, 0.05) is 6.54 Å². The summed E-state index contributed by atoms with van der Waals surface area (Å²) in [4.78, 5) is 19.3. The van der Waals surface area contributed by atoms with E-state index in [0.717, 1.165) is 0 Å². The van der Waals surface area contributed by atoms with Crippen molar-refractivity contribution in [3.63, 3.8) is 0 Å². The van der Waals surface area contributed by atoms with Crippen LogP contribution in [0.1, 0.15) is 10.5 Å². The minimum absolute atomic E-state index is 0.0117. The zero-order valence-electron chi connectivity index (χ0n) is 10.1. The Labute approximate surface area is 104 Å². The second kappa shape index (κ2) is 6.27. The number of anilines is 1. The Bertz CT molecular complexity index is 407. The topological polar surface area (TPSA) is 82.6 Å². The molecular formula is C11H15N3O4. The summed E-state index contributed by atoms with van der Waals surface area (Å²) in [6, 6.07) is 0. The molecule has 7 heteroatoms. The van der Waals surface area contributed by atoms with Crippen LogP contribution in [0.4, 0.5) is 5.82 Å². The Morgan fingerprint density at radius 1 is 1.56 bits per heavy atom. The molecule has 0 bridgehead atoms. The smallest absolute Gasteiger partial charge is 0.358 e. The fourth-order valence-electron chi connectivity index (χ4n) is 1.53. The van der Waals surface area contributed by atoms with Gasteiger partial charge in [-0.25, -0.2) is 9.78 Å². The van der Waals surface area contributed by atoms with Gasteiger partial charge in [-0.1, -0.05) is 0 Å². The molecule has 2 heterocycles. The lowest BCUT2D eigenvalue weighted by Crippen LogP contribution is -2.34. The number of nitrogens with zero attached hydrogens (tertiary/aromatic N) is 2. The SMILES string of the molecule is COC(=O)c1cncc(NCC2COCCO2)n1. The normalized spacial score (nSPS) is 19.3. The van der Waals surface area contributed by atoms with E-state index in [2.05, 4.69) is 20.0 Å². The fourth-order valence-corrected chi connectivity index (χ4v) is 1.53. The fraction of sp³-hybridized carbons (Fsp3) is 0.545. The molecule has 7 nitrogen and oxygen atoms in total. The molecule has 0 aromatic carbocycles. The number of hydrogen-bond acceptors (Lipinski definition) is 7. The summed E-state index contributed by atoms with van der Waals surface area (Å²) in [6.07, 6.45) is 2.88. The maximum absolute atomic E-state index is 11.3. The molecule has 1 N–H and O–H groups in total. The molecule has 1 saturated heterocycles. The minimum atomic E-state index is -0.511. The largest absolute Gasteiger partial charge is 0.464 e. The zero-order chi connectivity index (χ0) is 12.8. The molecule has 0 amide bonds. The van der Waals surface area contributed by atoms with Crippen molar-refractivity contribution in [2.45, 2.75) is 6.10 Å². The lowest BCUT2D eigenvalue weighted by molar-refractivity contribution is -0.0819. The van der Waals surface area contributed by atoms with Crippen molar-refractivity contribution in [3.05, 3.63) is 18.1 Å². The van der Waals surface area contributed by atoms with Crippen molar-refractivity contribution in [1.29, 1.82) is 0 Å². The Morgan fingerprint density at radius 2 is 2.44 bits per heavy atom.